The number of fused-ring (bicyclic) bond motifs is 1. The Kier molecular flexibility index (Phi) is 5.91. The topological polar surface area (TPSA) is 111 Å². The molecular weight excluding hydrogens is 470 g/mol. The first-order valence-electron chi connectivity index (χ1n) is 12.8. The summed E-state index contributed by atoms with van der Waals surface area (Å²) >= 11 is 0. The maximum atomic E-state index is 12.7. The average Bonchev–Trinajstić information content (AvgIpc) is 3.43. The summed E-state index contributed by atoms with van der Waals surface area (Å²) in [5.74, 6) is 0.658. The number of aromatic nitrogens is 5. The number of nitrogens with one attached hydrogen (secondary N) is 1. The number of hydrogen-bond acceptors (Lipinski definition) is 8. The molecule has 1 aromatic carbocycles. The third kappa shape index (κ3) is 4.81. The summed E-state index contributed by atoms with van der Waals surface area (Å²) in [6, 6.07) is 8.53. The predicted molar refractivity (Wildman–Crippen MR) is 138 cm³/mol. The summed E-state index contributed by atoms with van der Waals surface area (Å²) in [5.41, 5.74) is 6.07. The Morgan fingerprint density at radius 2 is 1.97 bits per heavy atom. The zero-order chi connectivity index (χ0) is 25.6. The summed E-state index contributed by atoms with van der Waals surface area (Å²) < 4.78 is 12.7. The predicted octanol–water partition coefficient (Wildman–Crippen LogP) is 3.72. The van der Waals surface area contributed by atoms with Gasteiger partial charge in [0.05, 0.1) is 36.3 Å². The van der Waals surface area contributed by atoms with Gasteiger partial charge >= 0.3 is 0 Å². The van der Waals surface area contributed by atoms with Gasteiger partial charge in [0.15, 0.2) is 0 Å². The Bertz CT molecular complexity index is 1440. The van der Waals surface area contributed by atoms with Gasteiger partial charge in [0.1, 0.15) is 6.33 Å². The summed E-state index contributed by atoms with van der Waals surface area (Å²) in [6.07, 6.45) is 5.96. The molecular formula is C27H31N7O3. The highest BCUT2D eigenvalue weighted by Crippen LogP contribution is 2.43. The van der Waals surface area contributed by atoms with E-state index < -0.39 is 0 Å². The molecule has 1 saturated heterocycles. The van der Waals surface area contributed by atoms with Crippen LogP contribution >= 0.6 is 0 Å². The minimum atomic E-state index is -0.341. The number of rotatable bonds is 6. The summed E-state index contributed by atoms with van der Waals surface area (Å²) in [6.45, 7) is 9.50. The maximum Gasteiger partial charge on any atom is 0.292 e. The SMILES string of the molecule is CC(C)(C)c1nc(C(=O)NCc2ccc(-c3ncnn4cc(N5CCOCC5)cc34)cc2C2CC2)no1. The molecule has 0 spiro atoms. The number of nitrogens with zero attached hydrogens (tertiary/aromatic N) is 6. The molecule has 0 radical (unpaired) electrons. The first-order valence-corrected chi connectivity index (χ1v) is 12.8. The summed E-state index contributed by atoms with van der Waals surface area (Å²) in [7, 11) is 0. The van der Waals surface area contributed by atoms with Crippen LogP contribution in [0.4, 0.5) is 5.69 Å². The largest absolute Gasteiger partial charge is 0.378 e. The molecule has 10 nitrogen and oxygen atoms in total. The van der Waals surface area contributed by atoms with Gasteiger partial charge in [0.2, 0.25) is 5.89 Å². The maximum absolute atomic E-state index is 12.7. The van der Waals surface area contributed by atoms with E-state index in [1.807, 2.05) is 25.3 Å². The normalized spacial score (nSPS) is 16.4. The Morgan fingerprint density at radius 1 is 1.16 bits per heavy atom. The number of amides is 1. The zero-order valence-electron chi connectivity index (χ0n) is 21.4. The first-order chi connectivity index (χ1) is 17.9. The number of carbonyl (C=O) groups is 1. The Balaban J connectivity index is 1.25. The fraction of sp³-hybridized carbons (Fsp3) is 0.444. The third-order valence-electron chi connectivity index (χ3n) is 6.91. The van der Waals surface area contributed by atoms with Crippen LogP contribution in [0.2, 0.25) is 0 Å². The van der Waals surface area contributed by atoms with Crippen LogP contribution < -0.4 is 10.2 Å². The fourth-order valence-corrected chi connectivity index (χ4v) is 4.69. The van der Waals surface area contributed by atoms with Crippen LogP contribution in [0.1, 0.15) is 67.2 Å². The number of morpholine rings is 1. The van der Waals surface area contributed by atoms with Crippen LogP contribution in [0.3, 0.4) is 0 Å². The van der Waals surface area contributed by atoms with Gasteiger partial charge < -0.3 is 19.5 Å². The highest BCUT2D eigenvalue weighted by atomic mass is 16.5. The van der Waals surface area contributed by atoms with Crippen molar-refractivity contribution in [2.45, 2.75) is 51.5 Å². The zero-order valence-corrected chi connectivity index (χ0v) is 21.4. The van der Waals surface area contributed by atoms with E-state index in [2.05, 4.69) is 60.9 Å². The lowest BCUT2D eigenvalue weighted by Gasteiger charge is -2.27. The van der Waals surface area contributed by atoms with Crippen LogP contribution in [-0.2, 0) is 16.7 Å². The second-order valence-corrected chi connectivity index (χ2v) is 10.8. The molecule has 2 fully saturated rings. The lowest BCUT2D eigenvalue weighted by Crippen LogP contribution is -2.35. The van der Waals surface area contributed by atoms with Gasteiger partial charge in [0, 0.05) is 30.6 Å². The molecule has 37 heavy (non-hydrogen) atoms. The van der Waals surface area contributed by atoms with Crippen molar-refractivity contribution in [2.75, 3.05) is 31.2 Å². The second-order valence-electron chi connectivity index (χ2n) is 10.8. The first kappa shape index (κ1) is 23.6. The van der Waals surface area contributed by atoms with Gasteiger partial charge in [-0.3, -0.25) is 4.79 Å². The van der Waals surface area contributed by atoms with E-state index in [-0.39, 0.29) is 17.1 Å². The Labute approximate surface area is 215 Å². The van der Waals surface area contributed by atoms with Crippen LogP contribution in [0.5, 0.6) is 0 Å². The van der Waals surface area contributed by atoms with Crippen LogP contribution in [-0.4, -0.2) is 56.9 Å². The van der Waals surface area contributed by atoms with Gasteiger partial charge in [-0.25, -0.2) is 9.50 Å². The van der Waals surface area contributed by atoms with E-state index in [0.717, 1.165) is 67.2 Å². The number of ether oxygens (including phenoxy) is 1. The standard InChI is InChI=1S/C27H31N7O3/c1-27(2,3)26-31-24(32-37-26)25(35)28-14-19-7-6-18(12-21(19)17-4-5-17)23-22-13-20(15-34(22)30-16-29-23)33-8-10-36-11-9-33/h6-7,12-13,15-17H,4-5,8-11,14H2,1-3H3,(H,28,35). The van der Waals surface area contributed by atoms with Crippen molar-refractivity contribution in [1.82, 2.24) is 30.1 Å². The lowest BCUT2D eigenvalue weighted by molar-refractivity contribution is 0.0937. The quantitative estimate of drug-likeness (QED) is 0.426. The van der Waals surface area contributed by atoms with Crippen LogP contribution in [0, 0.1) is 0 Å². The van der Waals surface area contributed by atoms with Gasteiger partial charge in [-0.15, -0.1) is 0 Å². The molecule has 0 bridgehead atoms. The molecule has 1 saturated carbocycles. The lowest BCUT2D eigenvalue weighted by atomic mass is 9.97. The Morgan fingerprint density at radius 3 is 2.70 bits per heavy atom. The number of carbonyl (C=O) groups excluding carboxylic acids is 1. The number of hydrogen-bond donors (Lipinski definition) is 1. The molecule has 1 aliphatic carbocycles. The van der Waals surface area contributed by atoms with E-state index in [1.54, 1.807) is 6.33 Å². The summed E-state index contributed by atoms with van der Waals surface area (Å²) in [4.78, 5) is 23.9. The average molecular weight is 502 g/mol. The van der Waals surface area contributed by atoms with Crippen molar-refractivity contribution in [3.63, 3.8) is 0 Å². The molecule has 0 atom stereocenters. The molecule has 3 aromatic heterocycles. The van der Waals surface area contributed by atoms with Crippen molar-refractivity contribution in [3.05, 3.63) is 59.6 Å². The summed E-state index contributed by atoms with van der Waals surface area (Å²) in [5, 5.41) is 11.3. The van der Waals surface area contributed by atoms with Crippen molar-refractivity contribution < 1.29 is 14.1 Å². The molecule has 1 amide bonds. The highest BCUT2D eigenvalue weighted by molar-refractivity contribution is 5.90. The smallest absolute Gasteiger partial charge is 0.292 e. The molecule has 4 aromatic rings. The molecule has 6 rings (SSSR count). The molecule has 2 aliphatic rings. The highest BCUT2D eigenvalue weighted by Gasteiger charge is 2.28. The van der Waals surface area contributed by atoms with E-state index in [0.29, 0.717) is 18.4 Å². The number of anilines is 1. The van der Waals surface area contributed by atoms with Gasteiger partial charge in [0.25, 0.3) is 11.7 Å². The van der Waals surface area contributed by atoms with E-state index in [9.17, 15) is 4.79 Å². The molecule has 0 unspecified atom stereocenters. The van der Waals surface area contributed by atoms with E-state index in [4.69, 9.17) is 9.26 Å². The van der Waals surface area contributed by atoms with E-state index in [1.165, 1.54) is 5.56 Å². The minimum Gasteiger partial charge on any atom is -0.378 e. The molecule has 10 heteroatoms. The third-order valence-corrected chi connectivity index (χ3v) is 6.91. The van der Waals surface area contributed by atoms with Crippen molar-refractivity contribution in [2.24, 2.45) is 0 Å². The van der Waals surface area contributed by atoms with Crippen molar-refractivity contribution in [3.8, 4) is 11.3 Å². The fourth-order valence-electron chi connectivity index (χ4n) is 4.69. The molecule has 1 N–H and O–H groups in total. The molecule has 1 aliphatic heterocycles. The van der Waals surface area contributed by atoms with Crippen LogP contribution in [0.25, 0.3) is 16.8 Å². The molecule has 192 valence electrons. The minimum absolute atomic E-state index is 0.0576. The monoisotopic (exact) mass is 501 g/mol. The Hall–Kier alpha value is -3.79. The van der Waals surface area contributed by atoms with Crippen molar-refractivity contribution >= 4 is 17.1 Å². The van der Waals surface area contributed by atoms with Gasteiger partial charge in [-0.1, -0.05) is 38.1 Å². The number of benzene rings is 1. The second kappa shape index (κ2) is 9.26. The van der Waals surface area contributed by atoms with Crippen molar-refractivity contribution in [1.29, 1.82) is 0 Å². The van der Waals surface area contributed by atoms with E-state index >= 15 is 0 Å². The molecule has 4 heterocycles. The van der Waals surface area contributed by atoms with Crippen LogP contribution in [0.15, 0.2) is 41.3 Å². The van der Waals surface area contributed by atoms with Gasteiger partial charge in [-0.2, -0.15) is 10.1 Å². The van der Waals surface area contributed by atoms with Gasteiger partial charge in [-0.05, 0) is 42.0 Å².